The van der Waals surface area contributed by atoms with E-state index in [4.69, 9.17) is 0 Å². The van der Waals surface area contributed by atoms with Crippen molar-refractivity contribution >= 4 is 17.4 Å². The number of benzene rings is 1. The van der Waals surface area contributed by atoms with E-state index in [1.807, 2.05) is 25.1 Å². The van der Waals surface area contributed by atoms with Crippen LogP contribution in [0.5, 0.6) is 0 Å². The third-order valence-corrected chi connectivity index (χ3v) is 3.22. The zero-order chi connectivity index (χ0) is 14.9. The Morgan fingerprint density at radius 1 is 1.20 bits per heavy atom. The van der Waals surface area contributed by atoms with Crippen LogP contribution >= 0.6 is 0 Å². The molecule has 0 aliphatic carbocycles. The predicted molar refractivity (Wildman–Crippen MR) is 76.8 cm³/mol. The van der Waals surface area contributed by atoms with Gasteiger partial charge < -0.3 is 5.32 Å². The summed E-state index contributed by atoms with van der Waals surface area (Å²) >= 11 is 0. The Kier molecular flexibility index (Phi) is 3.70. The predicted octanol–water partition coefficient (Wildman–Crippen LogP) is 2.17. The van der Waals surface area contributed by atoms with E-state index < -0.39 is 11.7 Å². The van der Waals surface area contributed by atoms with Crippen LogP contribution in [0.2, 0.25) is 0 Å². The number of nitrogens with zero attached hydrogens (tertiary/aromatic N) is 2. The molecule has 1 aromatic heterocycles. The second-order valence-corrected chi connectivity index (χ2v) is 4.82. The molecule has 1 amide bonds. The molecule has 0 unspecified atom stereocenters. The number of carbonyl (C=O) groups is 2. The molecule has 20 heavy (non-hydrogen) atoms. The van der Waals surface area contributed by atoms with Gasteiger partial charge in [-0.05, 0) is 38.5 Å². The molecular formula is C15H17N3O2. The van der Waals surface area contributed by atoms with Crippen molar-refractivity contribution in [3.8, 4) is 0 Å². The Balaban J connectivity index is 2.23. The summed E-state index contributed by atoms with van der Waals surface area (Å²) < 4.78 is 1.60. The number of aromatic nitrogens is 2. The van der Waals surface area contributed by atoms with E-state index in [1.165, 1.54) is 0 Å². The minimum absolute atomic E-state index is 0.373. The number of ketones is 1. The lowest BCUT2D eigenvalue weighted by Gasteiger charge is -2.05. The molecule has 0 radical (unpaired) electrons. The van der Waals surface area contributed by atoms with Crippen molar-refractivity contribution in [2.45, 2.75) is 20.8 Å². The molecule has 5 nitrogen and oxygen atoms in total. The molecule has 0 saturated heterocycles. The van der Waals surface area contributed by atoms with E-state index in [0.717, 1.165) is 5.56 Å². The van der Waals surface area contributed by atoms with Crippen LogP contribution < -0.4 is 5.32 Å². The summed E-state index contributed by atoms with van der Waals surface area (Å²) in [4.78, 5) is 24.3. The van der Waals surface area contributed by atoms with E-state index in [1.54, 1.807) is 31.6 Å². The summed E-state index contributed by atoms with van der Waals surface area (Å²) in [5.74, 6) is -1.20. The van der Waals surface area contributed by atoms with Crippen LogP contribution in [0.3, 0.4) is 0 Å². The maximum atomic E-state index is 12.2. The first-order chi connectivity index (χ1) is 9.40. The van der Waals surface area contributed by atoms with Crippen LogP contribution in [-0.4, -0.2) is 21.5 Å². The molecule has 2 rings (SSSR count). The zero-order valence-corrected chi connectivity index (χ0v) is 12.0. The number of anilines is 1. The number of Topliss-reactive ketones (excluding diaryl/α,β-unsaturated/α-hetero) is 1. The van der Waals surface area contributed by atoms with Gasteiger partial charge in [-0.2, -0.15) is 5.10 Å². The third-order valence-electron chi connectivity index (χ3n) is 3.22. The first kappa shape index (κ1) is 14.0. The van der Waals surface area contributed by atoms with Crippen molar-refractivity contribution in [1.29, 1.82) is 0 Å². The highest BCUT2D eigenvalue weighted by molar-refractivity contribution is 6.47. The van der Waals surface area contributed by atoms with Crippen molar-refractivity contribution in [3.63, 3.8) is 0 Å². The standard InChI is InChI=1S/C15H17N3O2/c1-9-6-5-7-12(8-9)16-15(20)14(19)13-10(2)17-18(4)11(13)3/h5-8H,1-4H3,(H,16,20). The number of nitrogens with one attached hydrogen (secondary N) is 1. The number of aryl methyl sites for hydroxylation is 3. The second kappa shape index (κ2) is 5.28. The summed E-state index contributed by atoms with van der Waals surface area (Å²) in [5.41, 5.74) is 3.26. The van der Waals surface area contributed by atoms with Gasteiger partial charge in [0.05, 0.1) is 11.3 Å². The van der Waals surface area contributed by atoms with Gasteiger partial charge in [-0.1, -0.05) is 12.1 Å². The number of hydrogen-bond acceptors (Lipinski definition) is 3. The molecule has 0 aliphatic heterocycles. The maximum absolute atomic E-state index is 12.2. The van der Waals surface area contributed by atoms with Gasteiger partial charge in [-0.15, -0.1) is 0 Å². The highest BCUT2D eigenvalue weighted by atomic mass is 16.2. The number of hydrogen-bond donors (Lipinski definition) is 1. The zero-order valence-electron chi connectivity index (χ0n) is 12.0. The molecule has 5 heteroatoms. The lowest BCUT2D eigenvalue weighted by Crippen LogP contribution is -2.24. The highest BCUT2D eigenvalue weighted by Gasteiger charge is 2.23. The fourth-order valence-electron chi connectivity index (χ4n) is 2.13. The fraction of sp³-hybridized carbons (Fsp3) is 0.267. The molecule has 0 aliphatic rings. The molecule has 2 aromatic rings. The second-order valence-electron chi connectivity index (χ2n) is 4.82. The fourth-order valence-corrected chi connectivity index (χ4v) is 2.13. The van der Waals surface area contributed by atoms with Gasteiger partial charge in [0.15, 0.2) is 0 Å². The summed E-state index contributed by atoms with van der Waals surface area (Å²) in [6.45, 7) is 5.42. The summed E-state index contributed by atoms with van der Waals surface area (Å²) in [6.07, 6.45) is 0. The summed E-state index contributed by atoms with van der Waals surface area (Å²) in [6, 6.07) is 7.32. The Labute approximate surface area is 117 Å². The molecule has 0 spiro atoms. The molecule has 1 aromatic carbocycles. The largest absolute Gasteiger partial charge is 0.319 e. The first-order valence-corrected chi connectivity index (χ1v) is 6.32. The van der Waals surface area contributed by atoms with Crippen molar-refractivity contribution in [1.82, 2.24) is 9.78 Å². The van der Waals surface area contributed by atoms with E-state index in [0.29, 0.717) is 22.6 Å². The first-order valence-electron chi connectivity index (χ1n) is 6.32. The van der Waals surface area contributed by atoms with Crippen molar-refractivity contribution in [3.05, 3.63) is 46.8 Å². The maximum Gasteiger partial charge on any atom is 0.296 e. The topological polar surface area (TPSA) is 64.0 Å². The van der Waals surface area contributed by atoms with Gasteiger partial charge in [0, 0.05) is 18.4 Å². The summed E-state index contributed by atoms with van der Waals surface area (Å²) in [5, 5.41) is 6.77. The SMILES string of the molecule is Cc1cccc(NC(=O)C(=O)c2c(C)nn(C)c2C)c1. The van der Waals surface area contributed by atoms with E-state index in [9.17, 15) is 9.59 Å². The third kappa shape index (κ3) is 2.61. The smallest absolute Gasteiger partial charge is 0.296 e. The Hall–Kier alpha value is -2.43. The van der Waals surface area contributed by atoms with Crippen molar-refractivity contribution in [2.24, 2.45) is 7.05 Å². The van der Waals surface area contributed by atoms with Crippen LogP contribution in [-0.2, 0) is 11.8 Å². The quantitative estimate of drug-likeness (QED) is 0.687. The van der Waals surface area contributed by atoms with E-state index in [2.05, 4.69) is 10.4 Å². The van der Waals surface area contributed by atoms with Crippen LogP contribution in [0.15, 0.2) is 24.3 Å². The number of amides is 1. The van der Waals surface area contributed by atoms with Crippen molar-refractivity contribution in [2.75, 3.05) is 5.32 Å². The monoisotopic (exact) mass is 271 g/mol. The normalized spacial score (nSPS) is 10.4. The molecule has 0 atom stereocenters. The number of carbonyl (C=O) groups excluding carboxylic acids is 2. The number of rotatable bonds is 3. The Bertz CT molecular complexity index is 686. The van der Waals surface area contributed by atoms with Crippen LogP contribution in [0.25, 0.3) is 0 Å². The lowest BCUT2D eigenvalue weighted by molar-refractivity contribution is -0.112. The van der Waals surface area contributed by atoms with E-state index >= 15 is 0 Å². The van der Waals surface area contributed by atoms with Crippen LogP contribution in [0.1, 0.15) is 27.3 Å². The van der Waals surface area contributed by atoms with E-state index in [-0.39, 0.29) is 0 Å². The van der Waals surface area contributed by atoms with Gasteiger partial charge in [0.2, 0.25) is 0 Å². The average molecular weight is 271 g/mol. The molecule has 1 heterocycles. The van der Waals surface area contributed by atoms with Gasteiger partial charge in [-0.3, -0.25) is 14.3 Å². The lowest BCUT2D eigenvalue weighted by atomic mass is 10.1. The molecule has 0 fully saturated rings. The van der Waals surface area contributed by atoms with Crippen LogP contribution in [0, 0.1) is 20.8 Å². The minimum atomic E-state index is -0.644. The van der Waals surface area contributed by atoms with Crippen molar-refractivity contribution < 1.29 is 9.59 Å². The van der Waals surface area contributed by atoms with Gasteiger partial charge in [-0.25, -0.2) is 0 Å². The van der Waals surface area contributed by atoms with Crippen LogP contribution in [0.4, 0.5) is 5.69 Å². The van der Waals surface area contributed by atoms with Gasteiger partial charge in [0.25, 0.3) is 11.7 Å². The Morgan fingerprint density at radius 3 is 2.45 bits per heavy atom. The molecule has 0 saturated carbocycles. The average Bonchev–Trinajstić information content (AvgIpc) is 2.62. The van der Waals surface area contributed by atoms with Gasteiger partial charge in [0.1, 0.15) is 0 Å². The molecule has 1 N–H and O–H groups in total. The minimum Gasteiger partial charge on any atom is -0.319 e. The molecular weight excluding hydrogens is 254 g/mol. The molecule has 0 bridgehead atoms. The molecule has 104 valence electrons. The van der Waals surface area contributed by atoms with Gasteiger partial charge >= 0.3 is 0 Å². The highest BCUT2D eigenvalue weighted by Crippen LogP contribution is 2.15. The Morgan fingerprint density at radius 2 is 1.90 bits per heavy atom. The summed E-state index contributed by atoms with van der Waals surface area (Å²) in [7, 11) is 1.75.